The average molecular weight is 276 g/mol. The van der Waals surface area contributed by atoms with Gasteiger partial charge in [0.05, 0.1) is 5.69 Å². The molecule has 1 aliphatic heterocycles. The SMILES string of the molecule is CCCc1onc(C)c1C(=O)N1CCCC2CCCC21. The Hall–Kier alpha value is -1.32. The second-order valence-corrected chi connectivity index (χ2v) is 6.22. The Morgan fingerprint density at radius 3 is 2.95 bits per heavy atom. The zero-order chi connectivity index (χ0) is 14.1. The van der Waals surface area contributed by atoms with Crippen molar-refractivity contribution >= 4 is 5.91 Å². The lowest BCUT2D eigenvalue weighted by molar-refractivity contribution is 0.0545. The molecule has 4 heteroatoms. The fourth-order valence-corrected chi connectivity index (χ4v) is 3.94. The third-order valence-electron chi connectivity index (χ3n) is 4.88. The lowest BCUT2D eigenvalue weighted by Gasteiger charge is -2.37. The molecule has 1 amide bonds. The number of hydrogen-bond acceptors (Lipinski definition) is 3. The van der Waals surface area contributed by atoms with Crippen LogP contribution in [0.25, 0.3) is 0 Å². The molecule has 0 aromatic carbocycles. The topological polar surface area (TPSA) is 46.3 Å². The van der Waals surface area contributed by atoms with Crippen molar-refractivity contribution in [1.82, 2.24) is 10.1 Å². The van der Waals surface area contributed by atoms with Crippen molar-refractivity contribution < 1.29 is 9.32 Å². The van der Waals surface area contributed by atoms with Crippen LogP contribution in [-0.2, 0) is 6.42 Å². The number of aryl methyl sites for hydroxylation is 2. The van der Waals surface area contributed by atoms with Gasteiger partial charge in [0.1, 0.15) is 11.3 Å². The lowest BCUT2D eigenvalue weighted by Crippen LogP contribution is -2.46. The lowest BCUT2D eigenvalue weighted by atomic mass is 9.91. The van der Waals surface area contributed by atoms with Crippen LogP contribution in [0.2, 0.25) is 0 Å². The number of carbonyl (C=O) groups excluding carboxylic acids is 1. The van der Waals surface area contributed by atoms with E-state index in [0.29, 0.717) is 6.04 Å². The first-order chi connectivity index (χ1) is 9.72. The molecule has 2 unspecified atom stereocenters. The van der Waals surface area contributed by atoms with E-state index in [1.807, 2.05) is 6.92 Å². The van der Waals surface area contributed by atoms with Gasteiger partial charge in [0, 0.05) is 19.0 Å². The zero-order valence-corrected chi connectivity index (χ0v) is 12.5. The molecule has 1 aromatic heterocycles. The van der Waals surface area contributed by atoms with Crippen molar-refractivity contribution in [3.63, 3.8) is 0 Å². The fourth-order valence-electron chi connectivity index (χ4n) is 3.94. The second-order valence-electron chi connectivity index (χ2n) is 6.22. The number of piperidine rings is 1. The molecule has 0 N–H and O–H groups in total. The summed E-state index contributed by atoms with van der Waals surface area (Å²) in [5.41, 5.74) is 1.48. The number of aromatic nitrogens is 1. The van der Waals surface area contributed by atoms with E-state index in [1.165, 1.54) is 25.7 Å². The predicted octanol–water partition coefficient (Wildman–Crippen LogP) is 3.34. The Balaban J connectivity index is 1.86. The van der Waals surface area contributed by atoms with Gasteiger partial charge in [-0.25, -0.2) is 0 Å². The van der Waals surface area contributed by atoms with Crippen molar-refractivity contribution in [3.05, 3.63) is 17.0 Å². The number of hydrogen-bond donors (Lipinski definition) is 0. The van der Waals surface area contributed by atoms with Crippen LogP contribution in [0.15, 0.2) is 4.52 Å². The fraction of sp³-hybridized carbons (Fsp3) is 0.750. The minimum atomic E-state index is 0.156. The molecule has 2 heterocycles. The Morgan fingerprint density at radius 2 is 2.15 bits per heavy atom. The molecule has 1 saturated heterocycles. The van der Waals surface area contributed by atoms with E-state index < -0.39 is 0 Å². The van der Waals surface area contributed by atoms with Gasteiger partial charge in [-0.15, -0.1) is 0 Å². The first kappa shape index (κ1) is 13.7. The minimum absolute atomic E-state index is 0.156. The molecule has 3 rings (SSSR count). The van der Waals surface area contributed by atoms with E-state index in [4.69, 9.17) is 4.52 Å². The molecule has 1 aromatic rings. The number of carbonyl (C=O) groups is 1. The summed E-state index contributed by atoms with van der Waals surface area (Å²) in [6.45, 7) is 4.88. The largest absolute Gasteiger partial charge is 0.360 e. The van der Waals surface area contributed by atoms with Crippen LogP contribution in [0.1, 0.15) is 67.3 Å². The van der Waals surface area contributed by atoms with Crippen LogP contribution in [0.5, 0.6) is 0 Å². The normalized spacial score (nSPS) is 25.8. The van der Waals surface area contributed by atoms with E-state index in [0.717, 1.165) is 48.7 Å². The maximum atomic E-state index is 12.9. The molecule has 110 valence electrons. The Kier molecular flexibility index (Phi) is 3.81. The first-order valence-corrected chi connectivity index (χ1v) is 7.98. The Bertz CT molecular complexity index is 495. The maximum absolute atomic E-state index is 12.9. The van der Waals surface area contributed by atoms with Crippen LogP contribution in [-0.4, -0.2) is 28.6 Å². The number of fused-ring (bicyclic) bond motifs is 1. The van der Waals surface area contributed by atoms with Gasteiger partial charge in [0.15, 0.2) is 0 Å². The third-order valence-corrected chi connectivity index (χ3v) is 4.88. The molecule has 2 atom stereocenters. The molecule has 2 aliphatic rings. The Labute approximate surface area is 120 Å². The van der Waals surface area contributed by atoms with E-state index in [9.17, 15) is 4.79 Å². The van der Waals surface area contributed by atoms with Crippen molar-refractivity contribution in [3.8, 4) is 0 Å². The van der Waals surface area contributed by atoms with E-state index >= 15 is 0 Å². The highest BCUT2D eigenvalue weighted by atomic mass is 16.5. The van der Waals surface area contributed by atoms with Crippen LogP contribution in [0.3, 0.4) is 0 Å². The van der Waals surface area contributed by atoms with Gasteiger partial charge in [-0.3, -0.25) is 4.79 Å². The van der Waals surface area contributed by atoms with Crippen molar-refractivity contribution in [1.29, 1.82) is 0 Å². The number of rotatable bonds is 3. The third kappa shape index (κ3) is 2.25. The molecule has 0 spiro atoms. The highest BCUT2D eigenvalue weighted by molar-refractivity contribution is 5.96. The summed E-state index contributed by atoms with van der Waals surface area (Å²) in [5, 5.41) is 4.01. The molecule has 2 fully saturated rings. The van der Waals surface area contributed by atoms with Gasteiger partial charge in [0.2, 0.25) is 0 Å². The zero-order valence-electron chi connectivity index (χ0n) is 12.5. The smallest absolute Gasteiger partial charge is 0.259 e. The van der Waals surface area contributed by atoms with Gasteiger partial charge in [-0.05, 0) is 44.9 Å². The van der Waals surface area contributed by atoms with Crippen molar-refractivity contribution in [2.24, 2.45) is 5.92 Å². The second kappa shape index (κ2) is 5.58. The number of amides is 1. The summed E-state index contributed by atoms with van der Waals surface area (Å²) in [6.07, 6.45) is 7.93. The van der Waals surface area contributed by atoms with E-state index in [2.05, 4.69) is 17.0 Å². The summed E-state index contributed by atoms with van der Waals surface area (Å²) >= 11 is 0. The summed E-state index contributed by atoms with van der Waals surface area (Å²) in [5.74, 6) is 1.65. The molecule has 20 heavy (non-hydrogen) atoms. The first-order valence-electron chi connectivity index (χ1n) is 7.98. The van der Waals surface area contributed by atoms with Gasteiger partial charge >= 0.3 is 0 Å². The summed E-state index contributed by atoms with van der Waals surface area (Å²) < 4.78 is 5.36. The molecular formula is C16H24N2O2. The molecule has 1 aliphatic carbocycles. The van der Waals surface area contributed by atoms with Gasteiger partial charge in [-0.2, -0.15) is 0 Å². The van der Waals surface area contributed by atoms with E-state index in [1.54, 1.807) is 0 Å². The van der Waals surface area contributed by atoms with Gasteiger partial charge < -0.3 is 9.42 Å². The van der Waals surface area contributed by atoms with Gasteiger partial charge in [0.25, 0.3) is 5.91 Å². The quantitative estimate of drug-likeness (QED) is 0.850. The maximum Gasteiger partial charge on any atom is 0.259 e. The highest BCUT2D eigenvalue weighted by Gasteiger charge is 2.39. The van der Waals surface area contributed by atoms with Crippen molar-refractivity contribution in [2.45, 2.75) is 64.8 Å². The van der Waals surface area contributed by atoms with Crippen LogP contribution in [0.4, 0.5) is 0 Å². The molecule has 0 bridgehead atoms. The molecule has 1 saturated carbocycles. The highest BCUT2D eigenvalue weighted by Crippen LogP contribution is 2.37. The predicted molar refractivity (Wildman–Crippen MR) is 76.6 cm³/mol. The van der Waals surface area contributed by atoms with Crippen LogP contribution in [0, 0.1) is 12.8 Å². The molecule has 0 radical (unpaired) electrons. The van der Waals surface area contributed by atoms with Crippen LogP contribution < -0.4 is 0 Å². The Morgan fingerprint density at radius 1 is 1.35 bits per heavy atom. The standard InChI is InChI=1S/C16H24N2O2/c1-3-6-14-15(11(2)17-20-14)16(19)18-10-5-8-12-7-4-9-13(12)18/h12-13H,3-10H2,1-2H3. The number of nitrogens with zero attached hydrogens (tertiary/aromatic N) is 2. The van der Waals surface area contributed by atoms with Crippen LogP contribution >= 0.6 is 0 Å². The minimum Gasteiger partial charge on any atom is -0.360 e. The summed E-state index contributed by atoms with van der Waals surface area (Å²) in [4.78, 5) is 15.1. The number of likely N-dealkylation sites (tertiary alicyclic amines) is 1. The summed E-state index contributed by atoms with van der Waals surface area (Å²) in [7, 11) is 0. The van der Waals surface area contributed by atoms with Crippen molar-refractivity contribution in [2.75, 3.05) is 6.54 Å². The van der Waals surface area contributed by atoms with Gasteiger partial charge in [-0.1, -0.05) is 18.5 Å². The average Bonchev–Trinajstić information content (AvgIpc) is 3.05. The molecule has 4 nitrogen and oxygen atoms in total. The monoisotopic (exact) mass is 276 g/mol. The van der Waals surface area contributed by atoms with E-state index in [-0.39, 0.29) is 5.91 Å². The molecular weight excluding hydrogens is 252 g/mol. The summed E-state index contributed by atoms with van der Waals surface area (Å²) in [6, 6.07) is 0.458.